The summed E-state index contributed by atoms with van der Waals surface area (Å²) in [6.07, 6.45) is 0.973. The fourth-order valence-corrected chi connectivity index (χ4v) is 11.6. The van der Waals surface area contributed by atoms with Crippen LogP contribution in [0.1, 0.15) is 20.3 Å². The maximum Gasteiger partial charge on any atom is 0.260 e. The maximum absolute atomic E-state index is 6.26. The molecular weight excluding hydrogens is 250 g/mol. The Kier molecular flexibility index (Phi) is 5.63. The highest BCUT2D eigenvalue weighted by molar-refractivity contribution is 6.81. The average molecular weight is 280 g/mol. The zero-order valence-electron chi connectivity index (χ0n) is 12.2. The first kappa shape index (κ1) is 16.5. The molecule has 0 amide bonds. The van der Waals surface area contributed by atoms with E-state index in [-0.39, 0.29) is 5.22 Å². The lowest BCUT2D eigenvalue weighted by molar-refractivity contribution is 0.132. The van der Waals surface area contributed by atoms with E-state index >= 15 is 0 Å². The number of hydrogen-bond acceptors (Lipinski definition) is 3. The molecule has 0 aliphatic heterocycles. The molecule has 0 fully saturated rings. The zero-order valence-corrected chi connectivity index (χ0v) is 15.3. The molecule has 0 aromatic heterocycles. The Balaban J connectivity index is 4.93. The van der Waals surface area contributed by atoms with Crippen molar-refractivity contribution >= 4 is 25.8 Å². The van der Waals surface area contributed by atoms with Crippen LogP contribution in [0.15, 0.2) is 0 Å². The van der Waals surface area contributed by atoms with E-state index < -0.39 is 25.8 Å². The molecular formula is C10H29NO2Si3. The molecule has 1 unspecified atom stereocenters. The molecule has 6 heteroatoms. The van der Waals surface area contributed by atoms with Gasteiger partial charge in [0.05, 0.1) is 5.22 Å². The Morgan fingerprint density at radius 3 is 1.88 bits per heavy atom. The number of rotatable bonds is 6. The fourth-order valence-electron chi connectivity index (χ4n) is 1.92. The van der Waals surface area contributed by atoms with Crippen LogP contribution < -0.4 is 5.40 Å². The highest BCUT2D eigenvalue weighted by atomic mass is 28.4. The van der Waals surface area contributed by atoms with Crippen molar-refractivity contribution in [2.45, 2.75) is 64.8 Å². The van der Waals surface area contributed by atoms with Gasteiger partial charge < -0.3 is 13.9 Å². The third kappa shape index (κ3) is 4.80. The average Bonchev–Trinajstić information content (AvgIpc) is 1.98. The van der Waals surface area contributed by atoms with Crippen molar-refractivity contribution in [3.8, 4) is 0 Å². The molecule has 0 rings (SSSR count). The Hall–Kier alpha value is 0.531. The summed E-state index contributed by atoms with van der Waals surface area (Å²) in [7, 11) is -4.86. The van der Waals surface area contributed by atoms with Crippen molar-refractivity contribution in [3.63, 3.8) is 0 Å². The van der Waals surface area contributed by atoms with E-state index in [1.807, 2.05) is 13.1 Å². The molecule has 98 valence electrons. The van der Waals surface area contributed by atoms with Gasteiger partial charge in [-0.05, 0) is 52.6 Å². The van der Waals surface area contributed by atoms with Crippen LogP contribution in [0.25, 0.3) is 0 Å². The molecule has 0 bridgehead atoms. The van der Waals surface area contributed by atoms with Gasteiger partial charge in [0.15, 0.2) is 9.04 Å². The van der Waals surface area contributed by atoms with Gasteiger partial charge in [-0.2, -0.15) is 0 Å². The van der Waals surface area contributed by atoms with Crippen LogP contribution in [-0.2, 0) is 8.54 Å². The lowest BCUT2D eigenvalue weighted by atomic mass is 10.3. The van der Waals surface area contributed by atoms with Crippen molar-refractivity contribution in [2.24, 2.45) is 5.40 Å². The second-order valence-corrected chi connectivity index (χ2v) is 16.5. The van der Waals surface area contributed by atoms with Crippen molar-refractivity contribution in [1.82, 2.24) is 0 Å². The lowest BCUT2D eigenvalue weighted by Gasteiger charge is -2.46. The Morgan fingerprint density at radius 2 is 1.62 bits per heavy atom. The van der Waals surface area contributed by atoms with Crippen LogP contribution in [0.3, 0.4) is 0 Å². The van der Waals surface area contributed by atoms with E-state index in [2.05, 4.69) is 40.0 Å². The monoisotopic (exact) mass is 279 g/mol. The molecule has 3 nitrogen and oxygen atoms in total. The summed E-state index contributed by atoms with van der Waals surface area (Å²) >= 11 is 0. The van der Waals surface area contributed by atoms with Gasteiger partial charge in [0, 0.05) is 0 Å². The Labute approximate surface area is 105 Å². The Morgan fingerprint density at radius 1 is 1.19 bits per heavy atom. The van der Waals surface area contributed by atoms with Crippen molar-refractivity contribution in [3.05, 3.63) is 0 Å². The van der Waals surface area contributed by atoms with Crippen LogP contribution in [0.5, 0.6) is 0 Å². The molecule has 16 heavy (non-hydrogen) atoms. The van der Waals surface area contributed by atoms with Gasteiger partial charge in [-0.3, -0.25) is 0 Å². The summed E-state index contributed by atoms with van der Waals surface area (Å²) in [4.78, 5) is 0. The third-order valence-electron chi connectivity index (χ3n) is 2.97. The molecule has 0 saturated heterocycles. The first-order valence-corrected chi connectivity index (χ1v) is 14.8. The first-order valence-electron chi connectivity index (χ1n) is 6.10. The van der Waals surface area contributed by atoms with Gasteiger partial charge >= 0.3 is 0 Å². The predicted molar refractivity (Wildman–Crippen MR) is 78.9 cm³/mol. The van der Waals surface area contributed by atoms with Gasteiger partial charge in [0.25, 0.3) is 8.48 Å². The molecule has 0 aliphatic rings. The van der Waals surface area contributed by atoms with Crippen LogP contribution in [0.2, 0.25) is 39.3 Å². The van der Waals surface area contributed by atoms with E-state index in [9.17, 15) is 0 Å². The van der Waals surface area contributed by atoms with Crippen molar-refractivity contribution in [1.29, 1.82) is 0 Å². The molecule has 0 aliphatic carbocycles. The molecule has 0 aromatic carbocycles. The number of hydrogen-bond donors (Lipinski definition) is 1. The van der Waals surface area contributed by atoms with Gasteiger partial charge in [-0.25, -0.2) is 0 Å². The Bertz CT molecular complexity index is 229. The summed E-state index contributed by atoms with van der Waals surface area (Å²) in [6.45, 7) is 17.4. The normalized spacial score (nSPS) is 17.6. The van der Waals surface area contributed by atoms with Crippen LogP contribution in [-0.4, -0.2) is 31.1 Å². The molecule has 0 saturated carbocycles. The topological polar surface area (TPSA) is 44.5 Å². The second-order valence-electron chi connectivity index (χ2n) is 5.97. The summed E-state index contributed by atoms with van der Waals surface area (Å²) in [6, 6.07) is 0. The van der Waals surface area contributed by atoms with E-state index in [4.69, 9.17) is 13.9 Å². The smallest absolute Gasteiger partial charge is 0.260 e. The summed E-state index contributed by atoms with van der Waals surface area (Å²) in [5.41, 5.74) is 0. The quantitative estimate of drug-likeness (QED) is 0.760. The molecule has 2 N–H and O–H groups in total. The molecule has 0 spiro atoms. The van der Waals surface area contributed by atoms with Gasteiger partial charge in [0.2, 0.25) is 8.32 Å². The fraction of sp³-hybridized carbons (Fsp3) is 1.00. The maximum atomic E-state index is 6.26. The number of nitrogens with two attached hydrogens (primary N) is 1. The molecule has 0 aromatic rings. The summed E-state index contributed by atoms with van der Waals surface area (Å²) in [5, 5.41) is 5.96. The van der Waals surface area contributed by atoms with Gasteiger partial charge in [0.1, 0.15) is 0 Å². The zero-order chi connectivity index (χ0) is 13.2. The first-order chi connectivity index (χ1) is 6.93. The predicted octanol–water partition coefficient (Wildman–Crippen LogP) is 2.58. The van der Waals surface area contributed by atoms with E-state index in [1.165, 1.54) is 0 Å². The van der Waals surface area contributed by atoms with Gasteiger partial charge in [-0.15, -0.1) is 0 Å². The van der Waals surface area contributed by atoms with E-state index in [0.717, 1.165) is 6.42 Å². The minimum Gasteiger partial charge on any atom is -0.456 e. The second kappa shape index (κ2) is 5.45. The third-order valence-corrected chi connectivity index (χ3v) is 11.4. The van der Waals surface area contributed by atoms with E-state index in [1.54, 1.807) is 0 Å². The highest BCUT2D eigenvalue weighted by Gasteiger charge is 2.47. The minimum atomic E-state index is -2.00. The highest BCUT2D eigenvalue weighted by Crippen LogP contribution is 2.31. The largest absolute Gasteiger partial charge is 0.456 e. The van der Waals surface area contributed by atoms with Crippen LogP contribution in [0.4, 0.5) is 0 Å². The molecule has 1 atom stereocenters. The van der Waals surface area contributed by atoms with Crippen molar-refractivity contribution < 1.29 is 8.54 Å². The SMILES string of the molecule is CCC(C)(O[Si](C)(C)N)[Si](C)(C)O[SiH](C)C. The standard InChI is InChI=1S/C10H29NO2Si3/c1-9-10(2,12-16(7,8)11)15(5,6)13-14(3)4/h14H,9,11H2,1-8H3. The van der Waals surface area contributed by atoms with Gasteiger partial charge in [-0.1, -0.05) is 6.92 Å². The van der Waals surface area contributed by atoms with E-state index in [0.29, 0.717) is 0 Å². The lowest BCUT2D eigenvalue weighted by Crippen LogP contribution is -2.63. The van der Waals surface area contributed by atoms with Crippen molar-refractivity contribution in [2.75, 3.05) is 0 Å². The molecule has 0 radical (unpaired) electrons. The minimum absolute atomic E-state index is 0.158. The summed E-state index contributed by atoms with van der Waals surface area (Å²) < 4.78 is 12.5. The van der Waals surface area contributed by atoms with Crippen LogP contribution in [0, 0.1) is 0 Å². The summed E-state index contributed by atoms with van der Waals surface area (Å²) in [5.74, 6) is 0. The molecule has 0 heterocycles. The van der Waals surface area contributed by atoms with Crippen LogP contribution >= 0.6 is 0 Å².